The van der Waals surface area contributed by atoms with Gasteiger partial charge in [-0.3, -0.25) is 9.69 Å². The number of nitrogens with zero attached hydrogens (tertiary/aromatic N) is 2. The van der Waals surface area contributed by atoms with Gasteiger partial charge in [-0.25, -0.2) is 9.18 Å². The molecule has 2 heterocycles. The Morgan fingerprint density at radius 1 is 1.27 bits per heavy atom. The molecule has 0 radical (unpaired) electrons. The number of fused-ring (bicyclic) bond motifs is 1. The maximum absolute atomic E-state index is 14.1. The number of thiophene rings is 1. The van der Waals surface area contributed by atoms with Gasteiger partial charge in [-0.1, -0.05) is 0 Å². The first-order valence-corrected chi connectivity index (χ1v) is 11.8. The van der Waals surface area contributed by atoms with Gasteiger partial charge in [0.05, 0.1) is 25.0 Å². The first-order valence-electron chi connectivity index (χ1n) is 10.9. The molecule has 1 saturated carbocycles. The SMILES string of the molecule is COC(=O)N1Cc2sccc2C(Nc2ccc(F)cc2O[C@H]2CC[C@H](N(C)C(C)=O)C2)=C1C. The van der Waals surface area contributed by atoms with Crippen molar-refractivity contribution in [3.63, 3.8) is 0 Å². The molecule has 7 nitrogen and oxygen atoms in total. The van der Waals surface area contributed by atoms with E-state index in [9.17, 15) is 14.0 Å². The second kappa shape index (κ2) is 9.43. The molecule has 2 aliphatic rings. The van der Waals surface area contributed by atoms with E-state index >= 15 is 0 Å². The minimum absolute atomic E-state index is 0.0233. The van der Waals surface area contributed by atoms with Crippen LogP contribution in [0.1, 0.15) is 43.6 Å². The van der Waals surface area contributed by atoms with Crippen molar-refractivity contribution < 1.29 is 23.5 Å². The van der Waals surface area contributed by atoms with Crippen molar-refractivity contribution >= 4 is 34.7 Å². The fourth-order valence-corrected chi connectivity index (χ4v) is 5.26. The molecule has 1 aliphatic carbocycles. The van der Waals surface area contributed by atoms with Gasteiger partial charge < -0.3 is 19.7 Å². The van der Waals surface area contributed by atoms with Crippen molar-refractivity contribution in [2.75, 3.05) is 19.5 Å². The number of nitrogens with one attached hydrogen (secondary N) is 1. The number of amides is 2. The summed E-state index contributed by atoms with van der Waals surface area (Å²) in [6.45, 7) is 3.85. The third-order valence-corrected chi connectivity index (χ3v) is 7.28. The second-order valence-electron chi connectivity index (χ2n) is 8.38. The van der Waals surface area contributed by atoms with Crippen molar-refractivity contribution in [1.82, 2.24) is 9.80 Å². The maximum atomic E-state index is 14.1. The molecule has 0 saturated heterocycles. The first-order chi connectivity index (χ1) is 15.8. The monoisotopic (exact) mass is 473 g/mol. The van der Waals surface area contributed by atoms with Crippen LogP contribution in [0.2, 0.25) is 0 Å². The molecule has 2 atom stereocenters. The van der Waals surface area contributed by atoms with E-state index in [-0.39, 0.29) is 18.1 Å². The summed E-state index contributed by atoms with van der Waals surface area (Å²) in [5.41, 5.74) is 3.07. The second-order valence-corrected chi connectivity index (χ2v) is 9.38. The highest BCUT2D eigenvalue weighted by molar-refractivity contribution is 7.10. The Labute approximate surface area is 196 Å². The average Bonchev–Trinajstić information content (AvgIpc) is 3.45. The standard InChI is InChI=1S/C24H28FN3O4S/c1-14-23(19-9-10-33-22(19)13-28(14)24(30)31-4)26-20-8-5-16(25)11-21(20)32-18-7-6-17(12-18)27(3)15(2)29/h5,8-11,17-18,26H,6-7,12-13H2,1-4H3/t17-,18-/m0/s1. The van der Waals surface area contributed by atoms with Gasteiger partial charge in [0.25, 0.3) is 0 Å². The minimum atomic E-state index is -0.437. The Morgan fingerprint density at radius 2 is 2.06 bits per heavy atom. The molecule has 0 spiro atoms. The molecule has 0 unspecified atom stereocenters. The molecule has 1 aliphatic heterocycles. The van der Waals surface area contributed by atoms with Gasteiger partial charge in [0.15, 0.2) is 0 Å². The van der Waals surface area contributed by atoms with E-state index in [0.717, 1.165) is 29.0 Å². The smallest absolute Gasteiger partial charge is 0.414 e. The lowest BCUT2D eigenvalue weighted by Crippen LogP contribution is -2.34. The van der Waals surface area contributed by atoms with E-state index in [1.807, 2.05) is 18.4 Å². The van der Waals surface area contributed by atoms with Gasteiger partial charge in [0.1, 0.15) is 17.7 Å². The van der Waals surface area contributed by atoms with Crippen LogP contribution in [0.3, 0.4) is 0 Å². The number of allylic oxidation sites excluding steroid dienone is 1. The first kappa shape index (κ1) is 23.1. The van der Waals surface area contributed by atoms with Gasteiger partial charge >= 0.3 is 6.09 Å². The number of carbonyl (C=O) groups excluding carboxylic acids is 2. The summed E-state index contributed by atoms with van der Waals surface area (Å²) in [4.78, 5) is 28.4. The molecular formula is C24H28FN3O4S. The van der Waals surface area contributed by atoms with Crippen LogP contribution in [0.4, 0.5) is 14.9 Å². The number of rotatable bonds is 5. The third kappa shape index (κ3) is 4.68. The summed E-state index contributed by atoms with van der Waals surface area (Å²) in [6.07, 6.45) is 1.76. The quantitative estimate of drug-likeness (QED) is 0.658. The van der Waals surface area contributed by atoms with Crippen molar-refractivity contribution in [3.8, 4) is 5.75 Å². The van der Waals surface area contributed by atoms with Crippen LogP contribution in [0.25, 0.3) is 5.70 Å². The van der Waals surface area contributed by atoms with E-state index in [2.05, 4.69) is 5.32 Å². The van der Waals surface area contributed by atoms with E-state index < -0.39 is 11.9 Å². The van der Waals surface area contributed by atoms with E-state index in [0.29, 0.717) is 30.1 Å². The van der Waals surface area contributed by atoms with Crippen molar-refractivity contribution in [1.29, 1.82) is 0 Å². The summed E-state index contributed by atoms with van der Waals surface area (Å²) in [6, 6.07) is 6.51. The van der Waals surface area contributed by atoms with Crippen LogP contribution in [-0.4, -0.2) is 48.1 Å². The van der Waals surface area contributed by atoms with Crippen LogP contribution in [0.5, 0.6) is 5.75 Å². The molecule has 1 aromatic heterocycles. The van der Waals surface area contributed by atoms with Crippen LogP contribution >= 0.6 is 11.3 Å². The zero-order chi connectivity index (χ0) is 23.7. The number of anilines is 1. The van der Waals surface area contributed by atoms with Crippen LogP contribution in [-0.2, 0) is 16.1 Å². The van der Waals surface area contributed by atoms with E-state index in [1.165, 1.54) is 19.2 Å². The predicted octanol–water partition coefficient (Wildman–Crippen LogP) is 5.05. The van der Waals surface area contributed by atoms with E-state index in [4.69, 9.17) is 9.47 Å². The lowest BCUT2D eigenvalue weighted by Gasteiger charge is -2.30. The van der Waals surface area contributed by atoms with Crippen LogP contribution < -0.4 is 10.1 Å². The Bertz CT molecular complexity index is 1100. The normalized spacial score (nSPS) is 19.8. The number of hydrogen-bond donors (Lipinski definition) is 1. The van der Waals surface area contributed by atoms with Gasteiger partial charge in [0.2, 0.25) is 5.91 Å². The zero-order valence-electron chi connectivity index (χ0n) is 19.2. The van der Waals surface area contributed by atoms with Gasteiger partial charge in [-0.15, -0.1) is 11.3 Å². The number of methoxy groups -OCH3 is 1. The molecule has 4 rings (SSSR count). The molecule has 2 amide bonds. The van der Waals surface area contributed by atoms with Gasteiger partial charge in [0, 0.05) is 48.6 Å². The van der Waals surface area contributed by atoms with Crippen molar-refractivity contribution in [3.05, 3.63) is 51.6 Å². The Balaban J connectivity index is 1.60. The summed E-state index contributed by atoms with van der Waals surface area (Å²) in [7, 11) is 3.16. The summed E-state index contributed by atoms with van der Waals surface area (Å²) in [5, 5.41) is 5.36. The lowest BCUT2D eigenvalue weighted by atomic mass is 10.1. The fourth-order valence-electron chi connectivity index (χ4n) is 4.39. The minimum Gasteiger partial charge on any atom is -0.488 e. The zero-order valence-corrected chi connectivity index (χ0v) is 20.0. The molecule has 33 heavy (non-hydrogen) atoms. The third-order valence-electron chi connectivity index (χ3n) is 6.38. The fraction of sp³-hybridized carbons (Fsp3) is 0.417. The lowest BCUT2D eigenvalue weighted by molar-refractivity contribution is -0.129. The van der Waals surface area contributed by atoms with Crippen molar-refractivity contribution in [2.45, 2.75) is 51.8 Å². The summed E-state index contributed by atoms with van der Waals surface area (Å²) >= 11 is 1.56. The highest BCUT2D eigenvalue weighted by atomic mass is 32.1. The van der Waals surface area contributed by atoms with Crippen LogP contribution in [0, 0.1) is 5.82 Å². The summed E-state index contributed by atoms with van der Waals surface area (Å²) < 4.78 is 25.3. The Hall–Kier alpha value is -3.07. The highest BCUT2D eigenvalue weighted by Crippen LogP contribution is 2.39. The topological polar surface area (TPSA) is 71.1 Å². The number of carbonyl (C=O) groups is 2. The molecule has 1 fully saturated rings. The molecule has 176 valence electrons. The molecule has 1 N–H and O–H groups in total. The molecule has 9 heteroatoms. The average molecular weight is 474 g/mol. The van der Waals surface area contributed by atoms with E-state index in [1.54, 1.807) is 41.2 Å². The number of benzene rings is 1. The van der Waals surface area contributed by atoms with Gasteiger partial charge in [-0.05, 0) is 43.3 Å². The molecule has 0 bridgehead atoms. The Kier molecular flexibility index (Phi) is 6.60. The van der Waals surface area contributed by atoms with Gasteiger partial charge in [-0.2, -0.15) is 0 Å². The number of ether oxygens (including phenoxy) is 2. The molecular weight excluding hydrogens is 445 g/mol. The molecule has 1 aromatic carbocycles. The largest absolute Gasteiger partial charge is 0.488 e. The Morgan fingerprint density at radius 3 is 2.79 bits per heavy atom. The summed E-state index contributed by atoms with van der Waals surface area (Å²) in [5.74, 6) is 0.0290. The predicted molar refractivity (Wildman–Crippen MR) is 125 cm³/mol. The number of hydrogen-bond acceptors (Lipinski definition) is 6. The van der Waals surface area contributed by atoms with Crippen LogP contribution in [0.15, 0.2) is 35.3 Å². The van der Waals surface area contributed by atoms with Crippen molar-refractivity contribution in [2.24, 2.45) is 0 Å². The highest BCUT2D eigenvalue weighted by Gasteiger charge is 2.32. The number of halogens is 1. The molecule has 2 aromatic rings. The maximum Gasteiger partial charge on any atom is 0.414 e.